The lowest BCUT2D eigenvalue weighted by Crippen LogP contribution is -2.49. The van der Waals surface area contributed by atoms with Crippen molar-refractivity contribution in [2.24, 2.45) is 0 Å². The number of carbonyl (C=O) groups is 2. The molecule has 198 valence electrons. The van der Waals surface area contributed by atoms with Crippen molar-refractivity contribution < 1.29 is 26.8 Å². The molecule has 12 heteroatoms. The molecule has 0 radical (unpaired) electrons. The van der Waals surface area contributed by atoms with Gasteiger partial charge in [0.1, 0.15) is 6.04 Å². The van der Waals surface area contributed by atoms with Gasteiger partial charge in [-0.1, -0.05) is 36.2 Å². The molecular weight excluding hydrogens is 535 g/mol. The molecule has 2 aromatic carbocycles. The van der Waals surface area contributed by atoms with Crippen molar-refractivity contribution in [1.29, 1.82) is 0 Å². The molecule has 2 rings (SSSR count). The summed E-state index contributed by atoms with van der Waals surface area (Å²) >= 11 is 12.1. The molecule has 0 heterocycles. The Morgan fingerprint density at radius 3 is 2.28 bits per heavy atom. The zero-order valence-corrected chi connectivity index (χ0v) is 22.6. The maximum absolute atomic E-state index is 13.7. The minimum absolute atomic E-state index is 0.0507. The van der Waals surface area contributed by atoms with E-state index in [1.807, 2.05) is 0 Å². The van der Waals surface area contributed by atoms with Gasteiger partial charge in [0, 0.05) is 32.1 Å². The molecule has 0 fully saturated rings. The molecule has 1 N–H and O–H groups in total. The SMILES string of the molecule is CCNC(=O)[C@@H](CC)N(Cc1ccc(Cl)c(Cl)c1)C(=O)CCCN(c1ccc(F)c(F)c1)S(C)(=O)=O. The van der Waals surface area contributed by atoms with Gasteiger partial charge in [0.05, 0.1) is 22.0 Å². The Morgan fingerprint density at radius 1 is 1.03 bits per heavy atom. The van der Waals surface area contributed by atoms with Gasteiger partial charge in [0.2, 0.25) is 21.8 Å². The van der Waals surface area contributed by atoms with Crippen LogP contribution in [-0.4, -0.2) is 50.5 Å². The second kappa shape index (κ2) is 13.2. The Balaban J connectivity index is 2.24. The molecule has 1 atom stereocenters. The Bertz CT molecular complexity index is 1200. The van der Waals surface area contributed by atoms with Crippen LogP contribution in [0, 0.1) is 11.6 Å². The molecule has 0 saturated carbocycles. The molecule has 0 aromatic heterocycles. The number of amides is 2. The molecule has 0 aliphatic rings. The van der Waals surface area contributed by atoms with Gasteiger partial charge >= 0.3 is 0 Å². The average molecular weight is 564 g/mol. The van der Waals surface area contributed by atoms with Gasteiger partial charge in [-0.2, -0.15) is 0 Å². The van der Waals surface area contributed by atoms with Crippen LogP contribution in [0.25, 0.3) is 0 Å². The molecule has 0 aliphatic carbocycles. The summed E-state index contributed by atoms with van der Waals surface area (Å²) < 4.78 is 52.5. The standard InChI is InChI=1S/C24H29Cl2F2N3O4S/c1-4-22(24(33)29-5-2)30(15-16-8-10-18(25)19(26)13-16)23(32)7-6-12-31(36(3,34)35)17-9-11-20(27)21(28)14-17/h8-11,13-14,22H,4-7,12,15H2,1-3H3,(H,29,33)/t22-/m1/s1. The van der Waals surface area contributed by atoms with Crippen molar-refractivity contribution in [3.05, 3.63) is 63.6 Å². The molecule has 0 unspecified atom stereocenters. The van der Waals surface area contributed by atoms with Gasteiger partial charge in [0.25, 0.3) is 0 Å². The first kappa shape index (κ1) is 29.8. The van der Waals surface area contributed by atoms with Gasteiger partial charge in [-0.3, -0.25) is 13.9 Å². The summed E-state index contributed by atoms with van der Waals surface area (Å²) in [6.07, 6.45) is 1.28. The zero-order valence-electron chi connectivity index (χ0n) is 20.2. The van der Waals surface area contributed by atoms with Crippen LogP contribution in [0.15, 0.2) is 36.4 Å². The van der Waals surface area contributed by atoms with Gasteiger partial charge in [-0.15, -0.1) is 0 Å². The van der Waals surface area contributed by atoms with Crippen molar-refractivity contribution in [2.75, 3.05) is 23.7 Å². The van der Waals surface area contributed by atoms with Crippen molar-refractivity contribution >= 4 is 50.7 Å². The van der Waals surface area contributed by atoms with E-state index in [2.05, 4.69) is 5.32 Å². The highest BCUT2D eigenvalue weighted by Gasteiger charge is 2.29. The maximum Gasteiger partial charge on any atom is 0.242 e. The molecule has 0 bridgehead atoms. The zero-order chi connectivity index (χ0) is 27.0. The van der Waals surface area contributed by atoms with Crippen molar-refractivity contribution in [1.82, 2.24) is 10.2 Å². The third-order valence-corrected chi connectivity index (χ3v) is 7.35. The van der Waals surface area contributed by atoms with Crippen LogP contribution < -0.4 is 9.62 Å². The Kier molecular flexibility index (Phi) is 10.9. The van der Waals surface area contributed by atoms with Crippen LogP contribution in [0.3, 0.4) is 0 Å². The summed E-state index contributed by atoms with van der Waals surface area (Å²) in [5.74, 6) is -2.97. The fourth-order valence-electron chi connectivity index (χ4n) is 3.69. The number of carbonyl (C=O) groups excluding carboxylic acids is 2. The summed E-state index contributed by atoms with van der Waals surface area (Å²) in [5.41, 5.74) is 0.616. The van der Waals surface area contributed by atoms with Crippen LogP contribution in [0.5, 0.6) is 0 Å². The molecule has 36 heavy (non-hydrogen) atoms. The van der Waals surface area contributed by atoms with E-state index in [1.54, 1.807) is 32.0 Å². The number of hydrogen-bond donors (Lipinski definition) is 1. The van der Waals surface area contributed by atoms with Gasteiger partial charge in [-0.25, -0.2) is 17.2 Å². The first-order chi connectivity index (χ1) is 16.9. The van der Waals surface area contributed by atoms with Gasteiger partial charge in [0.15, 0.2) is 11.6 Å². The first-order valence-corrected chi connectivity index (χ1v) is 13.9. The smallest absolute Gasteiger partial charge is 0.242 e. The topological polar surface area (TPSA) is 86.8 Å². The number of nitrogens with zero attached hydrogens (tertiary/aromatic N) is 2. The van der Waals surface area contributed by atoms with Crippen molar-refractivity contribution in [2.45, 2.75) is 45.7 Å². The summed E-state index contributed by atoms with van der Waals surface area (Å²) in [6.45, 7) is 3.89. The van der Waals surface area contributed by atoms with Crippen LogP contribution in [0.1, 0.15) is 38.7 Å². The first-order valence-electron chi connectivity index (χ1n) is 11.3. The fourth-order valence-corrected chi connectivity index (χ4v) is 4.97. The number of nitrogens with one attached hydrogen (secondary N) is 1. The minimum atomic E-state index is -3.84. The highest BCUT2D eigenvalue weighted by atomic mass is 35.5. The number of benzene rings is 2. The summed E-state index contributed by atoms with van der Waals surface area (Å²) in [6, 6.07) is 6.93. The normalized spacial score (nSPS) is 12.2. The van der Waals surface area contributed by atoms with Gasteiger partial charge in [-0.05, 0) is 49.6 Å². The second-order valence-corrected chi connectivity index (χ2v) is 10.8. The largest absolute Gasteiger partial charge is 0.355 e. The summed E-state index contributed by atoms with van der Waals surface area (Å²) in [4.78, 5) is 27.4. The van der Waals surface area contributed by atoms with Gasteiger partial charge < -0.3 is 10.2 Å². The minimum Gasteiger partial charge on any atom is -0.355 e. The Morgan fingerprint density at radius 2 is 1.72 bits per heavy atom. The number of halogens is 4. The van der Waals surface area contributed by atoms with Crippen molar-refractivity contribution in [3.63, 3.8) is 0 Å². The number of hydrogen-bond acceptors (Lipinski definition) is 4. The van der Waals surface area contributed by atoms with E-state index in [4.69, 9.17) is 23.2 Å². The van der Waals surface area contributed by atoms with Crippen molar-refractivity contribution in [3.8, 4) is 0 Å². The quantitative estimate of drug-likeness (QED) is 0.403. The molecule has 2 aromatic rings. The molecule has 0 spiro atoms. The van der Waals surface area contributed by atoms with E-state index < -0.39 is 27.7 Å². The number of likely N-dealkylation sites (N-methyl/N-ethyl adjacent to an activating group) is 1. The number of sulfonamides is 1. The summed E-state index contributed by atoms with van der Waals surface area (Å²) in [7, 11) is -3.84. The molecular formula is C24H29Cl2F2N3O4S. The highest BCUT2D eigenvalue weighted by molar-refractivity contribution is 7.92. The lowest BCUT2D eigenvalue weighted by atomic mass is 10.1. The number of anilines is 1. The molecule has 0 aliphatic heterocycles. The van der Waals surface area contributed by atoms with E-state index in [9.17, 15) is 26.8 Å². The lowest BCUT2D eigenvalue weighted by molar-refractivity contribution is -0.141. The third kappa shape index (κ3) is 8.04. The molecule has 2 amide bonds. The fraction of sp³-hybridized carbons (Fsp3) is 0.417. The highest BCUT2D eigenvalue weighted by Crippen LogP contribution is 2.25. The third-order valence-electron chi connectivity index (χ3n) is 5.42. The Labute approximate surface area is 220 Å². The second-order valence-electron chi connectivity index (χ2n) is 8.13. The molecule has 7 nitrogen and oxygen atoms in total. The summed E-state index contributed by atoms with van der Waals surface area (Å²) in [5, 5.41) is 3.39. The molecule has 0 saturated heterocycles. The maximum atomic E-state index is 13.7. The predicted molar refractivity (Wildman–Crippen MR) is 138 cm³/mol. The van der Waals surface area contributed by atoms with Crippen LogP contribution in [0.2, 0.25) is 10.0 Å². The van der Waals surface area contributed by atoms with Crippen LogP contribution in [0.4, 0.5) is 14.5 Å². The average Bonchev–Trinajstić information content (AvgIpc) is 2.80. The van der Waals surface area contributed by atoms with E-state index in [-0.39, 0.29) is 43.4 Å². The van der Waals surface area contributed by atoms with Crippen LogP contribution >= 0.6 is 23.2 Å². The van der Waals surface area contributed by atoms with E-state index in [1.165, 1.54) is 4.90 Å². The van der Waals surface area contributed by atoms with Crippen LogP contribution in [-0.2, 0) is 26.2 Å². The van der Waals surface area contributed by atoms with E-state index in [0.29, 0.717) is 28.6 Å². The van der Waals surface area contributed by atoms with E-state index in [0.717, 1.165) is 28.8 Å². The monoisotopic (exact) mass is 563 g/mol. The lowest BCUT2D eigenvalue weighted by Gasteiger charge is -2.31. The Hall–Kier alpha value is -2.43. The predicted octanol–water partition coefficient (Wildman–Crippen LogP) is 4.76. The van der Waals surface area contributed by atoms with E-state index >= 15 is 0 Å². The number of rotatable bonds is 12.